The molecule has 2 N–H and O–H groups in total. The highest BCUT2D eigenvalue weighted by molar-refractivity contribution is 5.87. The van der Waals surface area contributed by atoms with E-state index >= 15 is 0 Å². The van der Waals surface area contributed by atoms with Crippen LogP contribution in [0.25, 0.3) is 0 Å². The summed E-state index contributed by atoms with van der Waals surface area (Å²) in [5, 5.41) is 12.6. The van der Waals surface area contributed by atoms with Crippen LogP contribution >= 0.6 is 0 Å². The van der Waals surface area contributed by atoms with Gasteiger partial charge in [-0.1, -0.05) is 33.6 Å². The molecule has 1 fully saturated rings. The molecule has 0 bridgehead atoms. The van der Waals surface area contributed by atoms with Gasteiger partial charge in [-0.05, 0) is 12.8 Å². The summed E-state index contributed by atoms with van der Waals surface area (Å²) in [6, 6.07) is -0.118. The lowest BCUT2D eigenvalue weighted by molar-refractivity contribution is -0.137. The Kier molecular flexibility index (Phi) is 5.35. The van der Waals surface area contributed by atoms with Crippen LogP contribution in [0.15, 0.2) is 0 Å². The summed E-state index contributed by atoms with van der Waals surface area (Å²) >= 11 is 0. The molecule has 0 aliphatic heterocycles. The third-order valence-electron chi connectivity index (χ3n) is 3.67. The molecule has 1 rings (SSSR count). The molecule has 2 amide bonds. The number of carbonyl (C=O) groups is 2. The predicted octanol–water partition coefficient (Wildman–Crippen LogP) is 0.911. The van der Waals surface area contributed by atoms with Gasteiger partial charge in [0.15, 0.2) is 0 Å². The number of hydrogen-bond acceptors (Lipinski definition) is 3. The van der Waals surface area contributed by atoms with E-state index in [1.807, 2.05) is 0 Å². The van der Waals surface area contributed by atoms with Gasteiger partial charge in [-0.15, -0.1) is 0 Å². The Labute approximate surface area is 115 Å². The van der Waals surface area contributed by atoms with Crippen molar-refractivity contribution >= 4 is 11.8 Å². The van der Waals surface area contributed by atoms with Gasteiger partial charge in [0.1, 0.15) is 0 Å². The first-order chi connectivity index (χ1) is 8.73. The van der Waals surface area contributed by atoms with Gasteiger partial charge in [0.2, 0.25) is 11.8 Å². The molecule has 0 aromatic carbocycles. The van der Waals surface area contributed by atoms with Crippen LogP contribution in [0, 0.1) is 5.41 Å². The summed E-state index contributed by atoms with van der Waals surface area (Å²) in [4.78, 5) is 25.3. The van der Waals surface area contributed by atoms with E-state index in [4.69, 9.17) is 0 Å². The maximum atomic E-state index is 12.0. The lowest BCUT2D eigenvalue weighted by Gasteiger charge is -2.35. The molecule has 0 saturated heterocycles. The minimum Gasteiger partial charge on any atom is -0.391 e. The number of aliphatic hydroxyl groups is 1. The predicted molar refractivity (Wildman–Crippen MR) is 73.5 cm³/mol. The highest BCUT2D eigenvalue weighted by atomic mass is 16.3. The van der Waals surface area contributed by atoms with Crippen LogP contribution in [0.1, 0.15) is 46.5 Å². The van der Waals surface area contributed by atoms with Crippen LogP contribution in [-0.2, 0) is 9.59 Å². The lowest BCUT2D eigenvalue weighted by Crippen LogP contribution is -2.50. The number of aliphatic hydroxyl groups excluding tert-OH is 1. The first-order valence-electron chi connectivity index (χ1n) is 6.95. The van der Waals surface area contributed by atoms with E-state index in [1.165, 1.54) is 0 Å². The summed E-state index contributed by atoms with van der Waals surface area (Å²) in [5.41, 5.74) is -0.497. The second-order valence-electron chi connectivity index (χ2n) is 6.36. The van der Waals surface area contributed by atoms with E-state index in [-0.39, 0.29) is 24.4 Å². The van der Waals surface area contributed by atoms with Crippen molar-refractivity contribution in [3.05, 3.63) is 0 Å². The third-order valence-corrected chi connectivity index (χ3v) is 3.67. The minimum atomic E-state index is -0.497. The van der Waals surface area contributed by atoms with Crippen molar-refractivity contribution in [2.45, 2.75) is 58.6 Å². The number of nitrogens with zero attached hydrogens (tertiary/aromatic N) is 1. The Morgan fingerprint density at radius 2 is 1.84 bits per heavy atom. The average molecular weight is 270 g/mol. The number of amides is 2. The van der Waals surface area contributed by atoms with Gasteiger partial charge in [0, 0.05) is 12.5 Å². The van der Waals surface area contributed by atoms with E-state index in [0.29, 0.717) is 0 Å². The molecule has 2 unspecified atom stereocenters. The van der Waals surface area contributed by atoms with Crippen molar-refractivity contribution in [3.8, 4) is 0 Å². The summed E-state index contributed by atoms with van der Waals surface area (Å²) in [5.74, 6) is -0.290. The summed E-state index contributed by atoms with van der Waals surface area (Å²) < 4.78 is 0. The summed E-state index contributed by atoms with van der Waals surface area (Å²) in [7, 11) is 1.70. The summed E-state index contributed by atoms with van der Waals surface area (Å²) in [6.07, 6.45) is 3.18. The molecular formula is C14H26N2O3. The van der Waals surface area contributed by atoms with Gasteiger partial charge in [-0.3, -0.25) is 9.59 Å². The number of rotatable bonds is 3. The van der Waals surface area contributed by atoms with Crippen LogP contribution in [-0.4, -0.2) is 47.6 Å². The van der Waals surface area contributed by atoms with Crippen molar-refractivity contribution in [2.75, 3.05) is 13.6 Å². The Morgan fingerprint density at radius 3 is 2.37 bits per heavy atom. The molecule has 2 atom stereocenters. The standard InChI is InChI=1S/C14H26N2O3/c1-14(2,3)13(19)15-9-12(18)16(4)10-7-5-6-8-11(10)17/h10-11,17H,5-9H2,1-4H3,(H,15,19). The number of carbonyl (C=O) groups excluding carboxylic acids is 2. The number of likely N-dealkylation sites (N-methyl/N-ethyl adjacent to an activating group) is 1. The largest absolute Gasteiger partial charge is 0.391 e. The molecule has 0 heterocycles. The van der Waals surface area contributed by atoms with Crippen LogP contribution in [0.2, 0.25) is 0 Å². The fourth-order valence-electron chi connectivity index (χ4n) is 2.27. The highest BCUT2D eigenvalue weighted by Crippen LogP contribution is 2.22. The summed E-state index contributed by atoms with van der Waals surface area (Å²) in [6.45, 7) is 5.42. The molecule has 0 radical (unpaired) electrons. The molecular weight excluding hydrogens is 244 g/mol. The Morgan fingerprint density at radius 1 is 1.26 bits per heavy atom. The first kappa shape index (κ1) is 16.0. The topological polar surface area (TPSA) is 69.6 Å². The fraction of sp³-hybridized carbons (Fsp3) is 0.857. The molecule has 1 saturated carbocycles. The van der Waals surface area contributed by atoms with Gasteiger partial charge in [-0.2, -0.15) is 0 Å². The maximum Gasteiger partial charge on any atom is 0.242 e. The molecule has 0 spiro atoms. The molecule has 19 heavy (non-hydrogen) atoms. The first-order valence-corrected chi connectivity index (χ1v) is 6.95. The SMILES string of the molecule is CN(C(=O)CNC(=O)C(C)(C)C)C1CCCCC1O. The van der Waals surface area contributed by atoms with Crippen LogP contribution in [0.4, 0.5) is 0 Å². The van der Waals surface area contributed by atoms with Crippen molar-refractivity contribution in [1.82, 2.24) is 10.2 Å². The van der Waals surface area contributed by atoms with Gasteiger partial charge < -0.3 is 15.3 Å². The third kappa shape index (κ3) is 4.49. The van der Waals surface area contributed by atoms with Crippen molar-refractivity contribution in [2.24, 2.45) is 5.41 Å². The smallest absolute Gasteiger partial charge is 0.242 e. The fourth-order valence-corrected chi connectivity index (χ4v) is 2.27. The van der Waals surface area contributed by atoms with Crippen molar-refractivity contribution in [1.29, 1.82) is 0 Å². The van der Waals surface area contributed by atoms with E-state index in [0.717, 1.165) is 25.7 Å². The number of nitrogens with one attached hydrogen (secondary N) is 1. The van der Waals surface area contributed by atoms with Gasteiger partial charge >= 0.3 is 0 Å². The monoisotopic (exact) mass is 270 g/mol. The van der Waals surface area contributed by atoms with Crippen LogP contribution in [0.3, 0.4) is 0 Å². The zero-order valence-corrected chi connectivity index (χ0v) is 12.4. The lowest BCUT2D eigenvalue weighted by atomic mass is 9.91. The van der Waals surface area contributed by atoms with E-state index in [9.17, 15) is 14.7 Å². The molecule has 0 aromatic rings. The normalized spacial score (nSPS) is 23.8. The van der Waals surface area contributed by atoms with E-state index in [2.05, 4.69) is 5.32 Å². The quantitative estimate of drug-likeness (QED) is 0.801. The molecule has 1 aliphatic rings. The second-order valence-corrected chi connectivity index (χ2v) is 6.36. The minimum absolute atomic E-state index is 0.00414. The van der Waals surface area contributed by atoms with E-state index < -0.39 is 11.5 Å². The van der Waals surface area contributed by atoms with Gasteiger partial charge in [0.25, 0.3) is 0 Å². The molecule has 5 nitrogen and oxygen atoms in total. The van der Waals surface area contributed by atoms with Crippen molar-refractivity contribution < 1.29 is 14.7 Å². The van der Waals surface area contributed by atoms with E-state index in [1.54, 1.807) is 32.7 Å². The zero-order chi connectivity index (χ0) is 14.6. The highest BCUT2D eigenvalue weighted by Gasteiger charge is 2.30. The number of hydrogen-bond donors (Lipinski definition) is 2. The average Bonchev–Trinajstić information content (AvgIpc) is 2.34. The van der Waals surface area contributed by atoms with Crippen LogP contribution in [0.5, 0.6) is 0 Å². The van der Waals surface area contributed by atoms with Gasteiger partial charge in [-0.25, -0.2) is 0 Å². The van der Waals surface area contributed by atoms with Crippen molar-refractivity contribution in [3.63, 3.8) is 0 Å². The zero-order valence-electron chi connectivity index (χ0n) is 12.4. The van der Waals surface area contributed by atoms with Gasteiger partial charge in [0.05, 0.1) is 18.7 Å². The molecule has 5 heteroatoms. The van der Waals surface area contributed by atoms with Crippen LogP contribution < -0.4 is 5.32 Å². The molecule has 1 aliphatic carbocycles. The molecule has 110 valence electrons. The second kappa shape index (κ2) is 6.37. The molecule has 0 aromatic heterocycles. The Balaban J connectivity index is 2.46. The maximum absolute atomic E-state index is 12.0. The Hall–Kier alpha value is -1.10. The Bertz CT molecular complexity index is 336.